The molecule has 5 nitrogen and oxygen atoms in total. The number of hydrogen-bond donors (Lipinski definition) is 0. The largest absolute Gasteiger partial charge is 2.00 e. The maximum Gasteiger partial charge on any atom is 2.00 e. The van der Waals surface area contributed by atoms with Crippen molar-refractivity contribution in [3.63, 3.8) is 0 Å². The quantitative estimate of drug-likeness (QED) is 0.156. The van der Waals surface area contributed by atoms with Gasteiger partial charge in [-0.3, -0.25) is 4.57 Å². The van der Waals surface area contributed by atoms with Gasteiger partial charge in [0.1, 0.15) is 11.6 Å². The van der Waals surface area contributed by atoms with Crippen molar-refractivity contribution >= 4 is 50.0 Å². The first kappa shape index (κ1) is 37.6. The number of hydrogen-bond acceptors (Lipinski definition) is 3. The summed E-state index contributed by atoms with van der Waals surface area (Å²) in [5.41, 5.74) is 9.81. The third-order valence-electron chi connectivity index (χ3n) is 11.8. The molecule has 0 radical (unpaired) electrons. The zero-order valence-electron chi connectivity index (χ0n) is 32.6. The van der Waals surface area contributed by atoms with E-state index in [1.54, 1.807) is 36.5 Å². The van der Waals surface area contributed by atoms with Gasteiger partial charge < -0.3 is 9.88 Å². The molecule has 60 heavy (non-hydrogen) atoms. The fourth-order valence-corrected chi connectivity index (χ4v) is 8.88. The summed E-state index contributed by atoms with van der Waals surface area (Å²) in [6.07, 6.45) is 1.73. The van der Waals surface area contributed by atoms with Crippen LogP contribution in [0.25, 0.3) is 61.0 Å². The minimum Gasteiger partial charge on any atom is -0.656 e. The third kappa shape index (κ3) is 5.75. The van der Waals surface area contributed by atoms with Crippen molar-refractivity contribution in [3.8, 4) is 28.2 Å². The molecule has 3 aromatic heterocycles. The number of alkyl halides is 2. The van der Waals surface area contributed by atoms with E-state index in [1.165, 1.54) is 12.1 Å². The van der Waals surface area contributed by atoms with Gasteiger partial charge in [-0.05, 0) is 63.8 Å². The van der Waals surface area contributed by atoms with E-state index in [0.29, 0.717) is 11.5 Å². The van der Waals surface area contributed by atoms with Crippen LogP contribution < -0.4 is 9.88 Å². The van der Waals surface area contributed by atoms with Crippen LogP contribution in [0.3, 0.4) is 0 Å². The summed E-state index contributed by atoms with van der Waals surface area (Å²) in [5, 5.41) is 2.18. The fraction of sp³-hybridized carbons (Fsp3) is 0.0769. The number of imidazole rings is 1. The molecular formula is C52H35F2N5Pt. The maximum atomic E-state index is 16.3. The predicted octanol–water partition coefficient (Wildman–Crippen LogP) is 13.1. The van der Waals surface area contributed by atoms with Crippen molar-refractivity contribution in [2.75, 3.05) is 4.90 Å². The van der Waals surface area contributed by atoms with E-state index in [2.05, 4.69) is 91.2 Å². The van der Waals surface area contributed by atoms with Gasteiger partial charge in [0.15, 0.2) is 0 Å². The van der Waals surface area contributed by atoms with Gasteiger partial charge in [0.05, 0.1) is 11.0 Å². The van der Waals surface area contributed by atoms with Crippen LogP contribution in [-0.4, -0.2) is 14.5 Å². The van der Waals surface area contributed by atoms with Crippen LogP contribution in [0, 0.1) is 6.07 Å². The molecule has 4 heterocycles. The number of halogens is 2. The number of fused-ring (bicyclic) bond motifs is 6. The summed E-state index contributed by atoms with van der Waals surface area (Å²) in [4.78, 5) is 17.3. The zero-order valence-corrected chi connectivity index (χ0v) is 34.8. The Balaban J connectivity index is 0.00000433. The Morgan fingerprint density at radius 1 is 0.650 bits per heavy atom. The standard InChI is InChI=1S/C52H35F2N5.Pt/c1-51(2)41-28-26-33(31-45(41)59(47-25-11-12-30-55-47)46-32-35(27-29-42(46)51)52(53,54)34-15-5-3-6-16-34)37-20-14-24-44-49(37)57-50(58(44)36-17-7-4-8-18-36)40-22-13-21-39-38-19-9-10-23-43(38)56-48(39)40;/h3-30,32H,1-2H3;/q-2;+2. The van der Waals surface area contributed by atoms with E-state index < -0.39 is 11.3 Å². The number of pyridine rings is 1. The molecule has 1 aliphatic rings. The molecule has 0 saturated carbocycles. The maximum absolute atomic E-state index is 16.3. The van der Waals surface area contributed by atoms with Crippen molar-refractivity contribution in [2.45, 2.75) is 25.2 Å². The van der Waals surface area contributed by atoms with Gasteiger partial charge in [0.2, 0.25) is 0 Å². The molecule has 0 amide bonds. The van der Waals surface area contributed by atoms with E-state index in [1.807, 2.05) is 65.6 Å². The smallest absolute Gasteiger partial charge is 0.656 e. The Morgan fingerprint density at radius 3 is 2.15 bits per heavy atom. The average molecular weight is 963 g/mol. The summed E-state index contributed by atoms with van der Waals surface area (Å²) in [7, 11) is 0. The van der Waals surface area contributed by atoms with Gasteiger partial charge in [0.25, 0.3) is 5.92 Å². The number of aromatic nitrogens is 4. The average Bonchev–Trinajstić information content (AvgIpc) is 3.86. The molecular weight excluding hydrogens is 928 g/mol. The predicted molar refractivity (Wildman–Crippen MR) is 233 cm³/mol. The van der Waals surface area contributed by atoms with Gasteiger partial charge in [-0.15, -0.1) is 34.8 Å². The zero-order chi connectivity index (χ0) is 39.9. The first-order valence-corrected chi connectivity index (χ1v) is 19.7. The number of anilines is 3. The summed E-state index contributed by atoms with van der Waals surface area (Å²) >= 11 is 0. The molecule has 0 spiro atoms. The second kappa shape index (κ2) is 14.2. The van der Waals surface area contributed by atoms with E-state index in [-0.39, 0.29) is 32.2 Å². The Bertz CT molecular complexity index is 3230. The number of rotatable bonds is 6. The third-order valence-corrected chi connectivity index (χ3v) is 11.8. The Morgan fingerprint density at radius 2 is 1.35 bits per heavy atom. The van der Waals surface area contributed by atoms with E-state index in [9.17, 15) is 0 Å². The van der Waals surface area contributed by atoms with Crippen molar-refractivity contribution in [2.24, 2.45) is 0 Å². The van der Waals surface area contributed by atoms with Gasteiger partial charge in [-0.2, -0.15) is 8.78 Å². The first-order valence-electron chi connectivity index (χ1n) is 19.7. The van der Waals surface area contributed by atoms with Gasteiger partial charge in [-0.25, -0.2) is 9.97 Å². The van der Waals surface area contributed by atoms with Gasteiger partial charge in [-0.1, -0.05) is 146 Å². The van der Waals surface area contributed by atoms with Crippen LogP contribution in [0.5, 0.6) is 0 Å². The summed E-state index contributed by atoms with van der Waals surface area (Å²) in [6.45, 7) is 4.28. The van der Waals surface area contributed by atoms with Crippen LogP contribution >= 0.6 is 0 Å². The number of para-hydroxylation sites is 4. The van der Waals surface area contributed by atoms with Crippen molar-refractivity contribution in [3.05, 3.63) is 204 Å². The molecule has 0 saturated heterocycles. The first-order chi connectivity index (χ1) is 28.8. The van der Waals surface area contributed by atoms with Crippen LogP contribution in [0.2, 0.25) is 0 Å². The molecule has 8 heteroatoms. The number of nitrogens with zero attached hydrogens (tertiary/aromatic N) is 5. The summed E-state index contributed by atoms with van der Waals surface area (Å²) in [5.74, 6) is -1.83. The normalized spacial score (nSPS) is 13.3. The van der Waals surface area contributed by atoms with Crippen LogP contribution in [-0.2, 0) is 32.4 Å². The second-order valence-electron chi connectivity index (χ2n) is 15.6. The van der Waals surface area contributed by atoms with Crippen molar-refractivity contribution in [1.29, 1.82) is 0 Å². The topological polar surface area (TPSA) is 48.1 Å². The molecule has 10 aromatic rings. The van der Waals surface area contributed by atoms with E-state index in [4.69, 9.17) is 15.0 Å². The molecule has 0 fully saturated rings. The minimum atomic E-state index is -3.22. The molecule has 0 aliphatic carbocycles. The Kier molecular flexibility index (Phi) is 8.92. The fourth-order valence-electron chi connectivity index (χ4n) is 8.88. The van der Waals surface area contributed by atoms with Crippen molar-refractivity contribution < 1.29 is 29.8 Å². The summed E-state index contributed by atoms with van der Waals surface area (Å²) < 4.78 is 34.8. The Hall–Kier alpha value is -6.69. The van der Waals surface area contributed by atoms with Crippen LogP contribution in [0.4, 0.5) is 26.0 Å². The molecule has 1 aliphatic heterocycles. The molecule has 0 unspecified atom stereocenters. The van der Waals surface area contributed by atoms with Gasteiger partial charge in [0, 0.05) is 34.3 Å². The monoisotopic (exact) mass is 962 g/mol. The summed E-state index contributed by atoms with van der Waals surface area (Å²) in [6, 6.07) is 57.7. The van der Waals surface area contributed by atoms with Crippen LogP contribution in [0.15, 0.2) is 176 Å². The minimum absolute atomic E-state index is 0. The molecule has 7 aromatic carbocycles. The van der Waals surface area contributed by atoms with Crippen LogP contribution in [0.1, 0.15) is 36.1 Å². The molecule has 292 valence electrons. The molecule has 11 rings (SSSR count). The van der Waals surface area contributed by atoms with Gasteiger partial charge >= 0.3 is 21.1 Å². The van der Waals surface area contributed by atoms with E-state index in [0.717, 1.165) is 77.9 Å². The number of benzene rings is 7. The second-order valence-corrected chi connectivity index (χ2v) is 15.6. The van der Waals surface area contributed by atoms with Crippen molar-refractivity contribution in [1.82, 2.24) is 19.5 Å². The van der Waals surface area contributed by atoms with E-state index >= 15 is 8.78 Å². The Labute approximate surface area is 360 Å². The SMILES string of the molecule is CC1(C)c2ccc(-c3cccc4c3nc(-c3cccc5c3[n-]c3ccccc35)n4-c3ccccc3)[c-]c2N(c2ccccn2)c2cc(C(F)(F)c3ccccc3)ccc21.[Pt+2]. The molecule has 0 N–H and O–H groups in total. The molecule has 0 atom stereocenters. The molecule has 0 bridgehead atoms.